The summed E-state index contributed by atoms with van der Waals surface area (Å²) in [5.41, 5.74) is 0. The summed E-state index contributed by atoms with van der Waals surface area (Å²) in [5.74, 6) is 2.68. The van der Waals surface area contributed by atoms with Gasteiger partial charge in [0.1, 0.15) is 0 Å². The summed E-state index contributed by atoms with van der Waals surface area (Å²) in [6.45, 7) is 3.50. The normalized spacial score (nSPS) is 18.3. The van der Waals surface area contributed by atoms with Crippen LogP contribution in [0.2, 0.25) is 0 Å². The SMILES string of the molecule is CCCCCCNC1CSC1. The molecule has 1 heterocycles. The lowest BCUT2D eigenvalue weighted by atomic mass is 10.2. The van der Waals surface area contributed by atoms with Crippen LogP contribution in [-0.2, 0) is 0 Å². The van der Waals surface area contributed by atoms with Crippen LogP contribution < -0.4 is 5.32 Å². The molecular weight excluding hydrogens is 154 g/mol. The standard InChI is InChI=1S/C9H19NS/c1-2-3-4-5-6-10-9-7-11-8-9/h9-10H,2-8H2,1H3. The van der Waals surface area contributed by atoms with E-state index in [1.807, 2.05) is 0 Å². The largest absolute Gasteiger partial charge is 0.312 e. The highest BCUT2D eigenvalue weighted by atomic mass is 32.2. The highest BCUT2D eigenvalue weighted by molar-refractivity contribution is 8.00. The fourth-order valence-corrected chi connectivity index (χ4v) is 1.92. The summed E-state index contributed by atoms with van der Waals surface area (Å²) in [6.07, 6.45) is 5.53. The molecule has 0 amide bonds. The Labute approximate surface area is 74.3 Å². The van der Waals surface area contributed by atoms with E-state index < -0.39 is 0 Å². The maximum Gasteiger partial charge on any atom is 0.0248 e. The fourth-order valence-electron chi connectivity index (χ4n) is 1.21. The van der Waals surface area contributed by atoms with Crippen LogP contribution in [0.25, 0.3) is 0 Å². The lowest BCUT2D eigenvalue weighted by Gasteiger charge is -2.25. The smallest absolute Gasteiger partial charge is 0.0248 e. The van der Waals surface area contributed by atoms with Crippen LogP contribution in [-0.4, -0.2) is 24.1 Å². The second kappa shape index (κ2) is 5.90. The molecule has 0 radical (unpaired) electrons. The van der Waals surface area contributed by atoms with E-state index in [1.54, 1.807) is 0 Å². The van der Waals surface area contributed by atoms with Gasteiger partial charge in [0, 0.05) is 17.5 Å². The molecule has 0 bridgehead atoms. The number of thioether (sulfide) groups is 1. The molecule has 0 aromatic heterocycles. The van der Waals surface area contributed by atoms with Crippen molar-refractivity contribution >= 4 is 11.8 Å². The Balaban J connectivity index is 1.73. The molecule has 0 spiro atoms. The van der Waals surface area contributed by atoms with Crippen LogP contribution in [0.15, 0.2) is 0 Å². The van der Waals surface area contributed by atoms with E-state index in [4.69, 9.17) is 0 Å². The van der Waals surface area contributed by atoms with Crippen molar-refractivity contribution in [3.05, 3.63) is 0 Å². The molecule has 1 nitrogen and oxygen atoms in total. The van der Waals surface area contributed by atoms with Crippen molar-refractivity contribution < 1.29 is 0 Å². The van der Waals surface area contributed by atoms with E-state index in [-0.39, 0.29) is 0 Å². The minimum absolute atomic E-state index is 0.849. The van der Waals surface area contributed by atoms with Crippen molar-refractivity contribution in [2.45, 2.75) is 38.6 Å². The van der Waals surface area contributed by atoms with Crippen molar-refractivity contribution in [3.63, 3.8) is 0 Å². The molecule has 0 aromatic carbocycles. The molecule has 0 aromatic rings. The monoisotopic (exact) mass is 173 g/mol. The van der Waals surface area contributed by atoms with Gasteiger partial charge in [0.15, 0.2) is 0 Å². The zero-order valence-electron chi connectivity index (χ0n) is 7.44. The second-order valence-electron chi connectivity index (χ2n) is 3.25. The lowest BCUT2D eigenvalue weighted by molar-refractivity contribution is 0.543. The van der Waals surface area contributed by atoms with E-state index in [9.17, 15) is 0 Å². The third kappa shape index (κ3) is 4.02. The quantitative estimate of drug-likeness (QED) is 0.618. The van der Waals surface area contributed by atoms with Gasteiger partial charge in [-0.05, 0) is 13.0 Å². The maximum absolute atomic E-state index is 3.56. The Morgan fingerprint density at radius 1 is 1.27 bits per heavy atom. The first kappa shape index (κ1) is 9.40. The van der Waals surface area contributed by atoms with E-state index in [0.29, 0.717) is 0 Å². The summed E-state index contributed by atoms with van der Waals surface area (Å²) in [7, 11) is 0. The highest BCUT2D eigenvalue weighted by Gasteiger charge is 2.15. The minimum atomic E-state index is 0.849. The van der Waals surface area contributed by atoms with E-state index >= 15 is 0 Å². The molecule has 1 N–H and O–H groups in total. The van der Waals surface area contributed by atoms with Crippen molar-refractivity contribution in [3.8, 4) is 0 Å². The summed E-state index contributed by atoms with van der Waals surface area (Å²) >= 11 is 2.05. The first-order valence-corrected chi connectivity index (χ1v) is 5.90. The zero-order chi connectivity index (χ0) is 7.94. The first-order chi connectivity index (χ1) is 5.43. The molecule has 0 aliphatic carbocycles. The van der Waals surface area contributed by atoms with Crippen molar-refractivity contribution in [1.82, 2.24) is 5.32 Å². The molecule has 2 heteroatoms. The van der Waals surface area contributed by atoms with Gasteiger partial charge in [-0.3, -0.25) is 0 Å². The number of rotatable bonds is 6. The third-order valence-corrected chi connectivity index (χ3v) is 3.38. The molecule has 66 valence electrons. The zero-order valence-corrected chi connectivity index (χ0v) is 8.25. The summed E-state index contributed by atoms with van der Waals surface area (Å²) in [5, 5.41) is 3.56. The maximum atomic E-state index is 3.56. The van der Waals surface area contributed by atoms with Gasteiger partial charge in [-0.1, -0.05) is 26.2 Å². The molecule has 1 aliphatic rings. The molecule has 1 saturated heterocycles. The van der Waals surface area contributed by atoms with E-state index in [0.717, 1.165) is 6.04 Å². The van der Waals surface area contributed by atoms with Crippen LogP contribution in [0.5, 0.6) is 0 Å². The van der Waals surface area contributed by atoms with Crippen molar-refractivity contribution in [2.24, 2.45) is 0 Å². The van der Waals surface area contributed by atoms with Gasteiger partial charge in [-0.25, -0.2) is 0 Å². The van der Waals surface area contributed by atoms with Crippen LogP contribution in [0.3, 0.4) is 0 Å². The number of nitrogens with one attached hydrogen (secondary N) is 1. The fraction of sp³-hybridized carbons (Fsp3) is 1.00. The molecular formula is C9H19NS. The Kier molecular flexibility index (Phi) is 5.04. The summed E-state index contributed by atoms with van der Waals surface area (Å²) < 4.78 is 0. The number of unbranched alkanes of at least 4 members (excludes halogenated alkanes) is 3. The Bertz CT molecular complexity index is 91.6. The summed E-state index contributed by atoms with van der Waals surface area (Å²) in [6, 6.07) is 0.849. The Hall–Kier alpha value is 0.310. The highest BCUT2D eigenvalue weighted by Crippen LogP contribution is 2.16. The average Bonchev–Trinajstić information content (AvgIpc) is 1.93. The van der Waals surface area contributed by atoms with Gasteiger partial charge in [-0.2, -0.15) is 11.8 Å². The lowest BCUT2D eigenvalue weighted by Crippen LogP contribution is -2.40. The Morgan fingerprint density at radius 2 is 2.09 bits per heavy atom. The minimum Gasteiger partial charge on any atom is -0.312 e. The summed E-state index contributed by atoms with van der Waals surface area (Å²) in [4.78, 5) is 0. The predicted molar refractivity (Wildman–Crippen MR) is 53.3 cm³/mol. The molecule has 1 fully saturated rings. The molecule has 0 saturated carbocycles. The van der Waals surface area contributed by atoms with Gasteiger partial charge in [0.05, 0.1) is 0 Å². The topological polar surface area (TPSA) is 12.0 Å². The van der Waals surface area contributed by atoms with E-state index in [1.165, 1.54) is 43.7 Å². The predicted octanol–water partition coefficient (Wildman–Crippen LogP) is 2.27. The molecule has 1 aliphatic heterocycles. The van der Waals surface area contributed by atoms with Crippen LogP contribution in [0, 0.1) is 0 Å². The number of hydrogen-bond donors (Lipinski definition) is 1. The van der Waals surface area contributed by atoms with Gasteiger partial charge in [0.2, 0.25) is 0 Å². The molecule has 1 rings (SSSR count). The number of hydrogen-bond acceptors (Lipinski definition) is 2. The Morgan fingerprint density at radius 3 is 2.64 bits per heavy atom. The molecule has 0 atom stereocenters. The molecule has 11 heavy (non-hydrogen) atoms. The van der Waals surface area contributed by atoms with Crippen molar-refractivity contribution in [2.75, 3.05) is 18.1 Å². The van der Waals surface area contributed by atoms with Crippen LogP contribution in [0.4, 0.5) is 0 Å². The van der Waals surface area contributed by atoms with Gasteiger partial charge < -0.3 is 5.32 Å². The average molecular weight is 173 g/mol. The van der Waals surface area contributed by atoms with Crippen LogP contribution in [0.1, 0.15) is 32.6 Å². The van der Waals surface area contributed by atoms with Gasteiger partial charge in [0.25, 0.3) is 0 Å². The van der Waals surface area contributed by atoms with Gasteiger partial charge >= 0.3 is 0 Å². The van der Waals surface area contributed by atoms with Crippen LogP contribution >= 0.6 is 11.8 Å². The third-order valence-electron chi connectivity index (χ3n) is 2.10. The van der Waals surface area contributed by atoms with Crippen molar-refractivity contribution in [1.29, 1.82) is 0 Å². The first-order valence-electron chi connectivity index (χ1n) is 4.74. The van der Waals surface area contributed by atoms with E-state index in [2.05, 4.69) is 24.0 Å². The second-order valence-corrected chi connectivity index (χ2v) is 4.32. The molecule has 0 unspecified atom stereocenters. The van der Waals surface area contributed by atoms with Gasteiger partial charge in [-0.15, -0.1) is 0 Å².